The first-order valence-corrected chi connectivity index (χ1v) is 8.74. The summed E-state index contributed by atoms with van der Waals surface area (Å²) in [6.45, 7) is 0.324. The molecule has 0 aliphatic carbocycles. The Kier molecular flexibility index (Phi) is 4.84. The van der Waals surface area contributed by atoms with E-state index in [-0.39, 0.29) is 19.1 Å². The van der Waals surface area contributed by atoms with Crippen LogP contribution in [0, 0.1) is 0 Å². The number of aromatic nitrogens is 2. The third-order valence-electron chi connectivity index (χ3n) is 4.35. The Morgan fingerprint density at radius 2 is 1.93 bits per heavy atom. The van der Waals surface area contributed by atoms with E-state index in [1.165, 1.54) is 4.90 Å². The number of carbonyl (C=O) groups excluding carboxylic acids is 1. The molecule has 0 radical (unpaired) electrons. The summed E-state index contributed by atoms with van der Waals surface area (Å²) in [6, 6.07) is 14.6. The van der Waals surface area contributed by atoms with Gasteiger partial charge in [-0.2, -0.15) is 4.98 Å². The van der Waals surface area contributed by atoms with Crippen molar-refractivity contribution in [2.45, 2.75) is 12.6 Å². The molecule has 1 amide bonds. The molecular formula is C20H19N3O5. The molecule has 0 fully saturated rings. The van der Waals surface area contributed by atoms with Crippen molar-refractivity contribution in [2.24, 2.45) is 0 Å². The normalized spacial score (nSPS) is 15.1. The molecule has 1 atom stereocenters. The van der Waals surface area contributed by atoms with Crippen LogP contribution in [0.15, 0.2) is 53.1 Å². The summed E-state index contributed by atoms with van der Waals surface area (Å²) in [6.07, 6.45) is -0.719. The monoisotopic (exact) mass is 381 g/mol. The predicted octanol–water partition coefficient (Wildman–Crippen LogP) is 2.54. The van der Waals surface area contributed by atoms with Crippen LogP contribution in [0.2, 0.25) is 0 Å². The lowest BCUT2D eigenvalue weighted by molar-refractivity contribution is -0.140. The number of methoxy groups -OCH3 is 1. The molecule has 1 aromatic heterocycles. The molecule has 0 saturated heterocycles. The van der Waals surface area contributed by atoms with E-state index in [0.29, 0.717) is 23.2 Å². The van der Waals surface area contributed by atoms with Gasteiger partial charge in [-0.05, 0) is 36.4 Å². The van der Waals surface area contributed by atoms with Crippen LogP contribution in [-0.2, 0) is 11.3 Å². The maximum atomic E-state index is 12.7. The Bertz CT molecular complexity index is 970. The minimum atomic E-state index is -0.719. The predicted molar refractivity (Wildman–Crippen MR) is 99.1 cm³/mol. The van der Waals surface area contributed by atoms with Crippen molar-refractivity contribution in [1.82, 2.24) is 15.0 Å². The number of para-hydroxylation sites is 2. The second-order valence-electron chi connectivity index (χ2n) is 6.30. The first-order valence-electron chi connectivity index (χ1n) is 8.74. The summed E-state index contributed by atoms with van der Waals surface area (Å²) < 4.78 is 21.8. The lowest BCUT2D eigenvalue weighted by Gasteiger charge is -2.28. The molecule has 4 rings (SSSR count). The zero-order valence-electron chi connectivity index (χ0n) is 15.5. The van der Waals surface area contributed by atoms with Gasteiger partial charge in [0, 0.05) is 12.6 Å². The average molecular weight is 381 g/mol. The number of fused-ring (bicyclic) bond motifs is 1. The molecule has 2 aromatic carbocycles. The van der Waals surface area contributed by atoms with Gasteiger partial charge in [0.1, 0.15) is 12.4 Å². The molecular weight excluding hydrogens is 362 g/mol. The fraction of sp³-hybridized carbons (Fsp3) is 0.250. The summed E-state index contributed by atoms with van der Waals surface area (Å²) in [5.41, 5.74) is 0.797. The lowest BCUT2D eigenvalue weighted by Crippen LogP contribution is -2.44. The first kappa shape index (κ1) is 17.8. The van der Waals surface area contributed by atoms with Gasteiger partial charge in [-0.1, -0.05) is 17.3 Å². The van der Waals surface area contributed by atoms with Gasteiger partial charge in [-0.15, -0.1) is 0 Å². The topological polar surface area (TPSA) is 86.9 Å². The number of hydrogen-bond acceptors (Lipinski definition) is 7. The van der Waals surface area contributed by atoms with E-state index in [1.807, 2.05) is 36.4 Å². The van der Waals surface area contributed by atoms with E-state index in [9.17, 15) is 4.79 Å². The maximum absolute atomic E-state index is 12.7. The Labute approximate surface area is 161 Å². The summed E-state index contributed by atoms with van der Waals surface area (Å²) >= 11 is 0. The molecule has 144 valence electrons. The summed E-state index contributed by atoms with van der Waals surface area (Å²) in [5, 5.41) is 3.98. The van der Waals surface area contributed by atoms with Crippen LogP contribution in [0.5, 0.6) is 17.2 Å². The molecule has 8 nitrogen and oxygen atoms in total. The molecule has 2 heterocycles. The van der Waals surface area contributed by atoms with Crippen molar-refractivity contribution in [3.8, 4) is 28.6 Å². The highest BCUT2D eigenvalue weighted by molar-refractivity contribution is 5.81. The first-order chi connectivity index (χ1) is 13.6. The molecule has 8 heteroatoms. The number of amides is 1. The summed E-state index contributed by atoms with van der Waals surface area (Å²) in [4.78, 5) is 18.5. The molecule has 0 spiro atoms. The summed E-state index contributed by atoms with van der Waals surface area (Å²) in [5.74, 6) is 2.49. The zero-order chi connectivity index (χ0) is 19.5. The van der Waals surface area contributed by atoms with Crippen LogP contribution in [0.1, 0.15) is 5.89 Å². The van der Waals surface area contributed by atoms with Crippen LogP contribution < -0.4 is 14.2 Å². The van der Waals surface area contributed by atoms with Gasteiger partial charge in [0.25, 0.3) is 5.91 Å². The number of rotatable bonds is 5. The highest BCUT2D eigenvalue weighted by Gasteiger charge is 2.30. The van der Waals surface area contributed by atoms with E-state index >= 15 is 0 Å². The minimum Gasteiger partial charge on any atom is -0.497 e. The quantitative estimate of drug-likeness (QED) is 0.671. The molecule has 1 aliphatic rings. The molecule has 1 aliphatic heterocycles. The van der Waals surface area contributed by atoms with E-state index in [1.54, 1.807) is 26.3 Å². The van der Waals surface area contributed by atoms with Crippen molar-refractivity contribution in [3.63, 3.8) is 0 Å². The molecule has 28 heavy (non-hydrogen) atoms. The number of benzene rings is 2. The van der Waals surface area contributed by atoms with Gasteiger partial charge < -0.3 is 23.6 Å². The van der Waals surface area contributed by atoms with Crippen molar-refractivity contribution < 1.29 is 23.5 Å². The van der Waals surface area contributed by atoms with Gasteiger partial charge >= 0.3 is 0 Å². The Balaban J connectivity index is 1.40. The Hall–Kier alpha value is -3.55. The van der Waals surface area contributed by atoms with Crippen molar-refractivity contribution in [3.05, 3.63) is 54.4 Å². The van der Waals surface area contributed by atoms with Crippen molar-refractivity contribution in [2.75, 3.05) is 20.8 Å². The Morgan fingerprint density at radius 3 is 2.68 bits per heavy atom. The van der Waals surface area contributed by atoms with Crippen LogP contribution in [0.4, 0.5) is 0 Å². The Morgan fingerprint density at radius 1 is 1.18 bits per heavy atom. The minimum absolute atomic E-state index is 0.154. The smallest absolute Gasteiger partial charge is 0.267 e. The molecule has 0 bridgehead atoms. The number of nitrogens with zero attached hydrogens (tertiary/aromatic N) is 3. The van der Waals surface area contributed by atoms with E-state index in [0.717, 1.165) is 11.3 Å². The standard InChI is InChI=1S/C20H19N3O5/c1-23(20(24)17-12-26-15-5-3-4-6-16(15)27-17)11-18-21-19(22-28-18)13-7-9-14(25-2)10-8-13/h3-10,17H,11-12H2,1-2H3/t17-/m0/s1. The number of ether oxygens (including phenoxy) is 3. The number of likely N-dealkylation sites (N-methyl/N-ethyl adjacent to an activating group) is 1. The molecule has 3 aromatic rings. The average Bonchev–Trinajstić information content (AvgIpc) is 3.21. The largest absolute Gasteiger partial charge is 0.497 e. The fourth-order valence-corrected chi connectivity index (χ4v) is 2.84. The highest BCUT2D eigenvalue weighted by Crippen LogP contribution is 2.31. The lowest BCUT2D eigenvalue weighted by atomic mass is 10.2. The van der Waals surface area contributed by atoms with Gasteiger partial charge in [0.15, 0.2) is 11.5 Å². The van der Waals surface area contributed by atoms with Crippen LogP contribution >= 0.6 is 0 Å². The van der Waals surface area contributed by atoms with Crippen molar-refractivity contribution in [1.29, 1.82) is 0 Å². The van der Waals surface area contributed by atoms with E-state index in [2.05, 4.69) is 10.1 Å². The van der Waals surface area contributed by atoms with Gasteiger partial charge in [0.2, 0.25) is 17.8 Å². The highest BCUT2D eigenvalue weighted by atomic mass is 16.6. The zero-order valence-corrected chi connectivity index (χ0v) is 15.5. The van der Waals surface area contributed by atoms with Crippen molar-refractivity contribution >= 4 is 5.91 Å². The maximum Gasteiger partial charge on any atom is 0.267 e. The van der Waals surface area contributed by atoms with Crippen LogP contribution in [0.3, 0.4) is 0 Å². The molecule has 0 saturated carbocycles. The fourth-order valence-electron chi connectivity index (χ4n) is 2.84. The van der Waals surface area contributed by atoms with Crippen LogP contribution in [-0.4, -0.2) is 47.8 Å². The summed E-state index contributed by atoms with van der Waals surface area (Å²) in [7, 11) is 3.26. The van der Waals surface area contributed by atoms with Gasteiger partial charge in [0.05, 0.1) is 13.7 Å². The third-order valence-corrected chi connectivity index (χ3v) is 4.35. The SMILES string of the molecule is COc1ccc(-c2noc(CN(C)C(=O)[C@@H]3COc4ccccc4O3)n2)cc1. The third kappa shape index (κ3) is 3.62. The van der Waals surface area contributed by atoms with Crippen LogP contribution in [0.25, 0.3) is 11.4 Å². The second kappa shape index (κ2) is 7.59. The van der Waals surface area contributed by atoms with Gasteiger partial charge in [-0.25, -0.2) is 0 Å². The molecule has 0 N–H and O–H groups in total. The second-order valence-corrected chi connectivity index (χ2v) is 6.30. The number of hydrogen-bond donors (Lipinski definition) is 0. The van der Waals surface area contributed by atoms with E-state index < -0.39 is 6.10 Å². The van der Waals surface area contributed by atoms with Gasteiger partial charge in [-0.3, -0.25) is 4.79 Å². The van der Waals surface area contributed by atoms with E-state index in [4.69, 9.17) is 18.7 Å². The number of carbonyl (C=O) groups is 1. The molecule has 0 unspecified atom stereocenters.